The normalized spacial score (nSPS) is 10.9. The Morgan fingerprint density at radius 2 is 1.70 bits per heavy atom. The maximum Gasteiger partial charge on any atom is 0.306 e. The van der Waals surface area contributed by atoms with Gasteiger partial charge in [-0.25, -0.2) is 0 Å². The van der Waals surface area contributed by atoms with Crippen LogP contribution in [0.15, 0.2) is 24.3 Å². The van der Waals surface area contributed by atoms with E-state index in [4.69, 9.17) is 9.47 Å². The van der Waals surface area contributed by atoms with Crippen LogP contribution in [0.5, 0.6) is 5.75 Å². The van der Waals surface area contributed by atoms with E-state index in [1.807, 2.05) is 38.1 Å². The summed E-state index contributed by atoms with van der Waals surface area (Å²) in [5.74, 6) is 1.59. The molecule has 0 aliphatic heterocycles. The number of rotatable bonds is 8. The molecule has 0 amide bonds. The molecule has 0 fully saturated rings. The lowest BCUT2D eigenvalue weighted by molar-refractivity contribution is -0.144. The predicted octanol–water partition coefficient (Wildman–Crippen LogP) is 3.85. The van der Waals surface area contributed by atoms with Crippen LogP contribution in [0.25, 0.3) is 0 Å². The summed E-state index contributed by atoms with van der Waals surface area (Å²) in [5, 5.41) is 0. The van der Waals surface area contributed by atoms with E-state index in [1.165, 1.54) is 0 Å². The molecule has 0 heterocycles. The topological polar surface area (TPSA) is 35.5 Å². The molecule has 0 radical (unpaired) electrons. The molecule has 0 N–H and O–H groups in total. The van der Waals surface area contributed by atoms with Gasteiger partial charge in [-0.1, -0.05) is 45.9 Å². The average molecular weight is 278 g/mol. The smallest absolute Gasteiger partial charge is 0.306 e. The van der Waals surface area contributed by atoms with Gasteiger partial charge in [-0.2, -0.15) is 0 Å². The van der Waals surface area contributed by atoms with Crippen molar-refractivity contribution in [1.29, 1.82) is 0 Å². The first-order valence-corrected chi connectivity index (χ1v) is 7.35. The summed E-state index contributed by atoms with van der Waals surface area (Å²) in [4.78, 5) is 11.6. The summed E-state index contributed by atoms with van der Waals surface area (Å²) in [5.41, 5.74) is 1.06. The van der Waals surface area contributed by atoms with Crippen molar-refractivity contribution in [1.82, 2.24) is 0 Å². The third kappa shape index (κ3) is 6.60. The quantitative estimate of drug-likeness (QED) is 0.677. The molecule has 0 unspecified atom stereocenters. The van der Waals surface area contributed by atoms with Crippen molar-refractivity contribution < 1.29 is 14.3 Å². The van der Waals surface area contributed by atoms with Gasteiger partial charge >= 0.3 is 5.97 Å². The molecule has 1 rings (SSSR count). The first kappa shape index (κ1) is 16.5. The number of carbonyl (C=O) groups is 1. The molecule has 0 bridgehead atoms. The van der Waals surface area contributed by atoms with E-state index in [1.54, 1.807) is 0 Å². The molecule has 1 aromatic rings. The van der Waals surface area contributed by atoms with Gasteiger partial charge in [0, 0.05) is 6.42 Å². The number of benzene rings is 1. The van der Waals surface area contributed by atoms with Crippen molar-refractivity contribution in [2.45, 2.75) is 40.5 Å². The second kappa shape index (κ2) is 8.62. The first-order chi connectivity index (χ1) is 9.49. The summed E-state index contributed by atoms with van der Waals surface area (Å²) in [6.07, 6.45) is 1.06. The van der Waals surface area contributed by atoms with Gasteiger partial charge in [0.2, 0.25) is 0 Å². The highest BCUT2D eigenvalue weighted by Crippen LogP contribution is 2.20. The Morgan fingerprint density at radius 3 is 2.35 bits per heavy atom. The van der Waals surface area contributed by atoms with Crippen LogP contribution in [-0.4, -0.2) is 19.2 Å². The lowest BCUT2D eigenvalue weighted by Gasteiger charge is -2.13. The largest absolute Gasteiger partial charge is 0.493 e. The molecule has 3 nitrogen and oxygen atoms in total. The number of para-hydroxylation sites is 1. The van der Waals surface area contributed by atoms with Crippen LogP contribution in [0.2, 0.25) is 0 Å². The zero-order chi connectivity index (χ0) is 15.0. The first-order valence-electron chi connectivity index (χ1n) is 7.35. The van der Waals surface area contributed by atoms with Gasteiger partial charge in [0.25, 0.3) is 0 Å². The summed E-state index contributed by atoms with van der Waals surface area (Å²) >= 11 is 0. The van der Waals surface area contributed by atoms with Gasteiger partial charge in [0.05, 0.1) is 13.2 Å². The van der Waals surface area contributed by atoms with Gasteiger partial charge in [-0.3, -0.25) is 4.79 Å². The molecule has 0 saturated carbocycles. The van der Waals surface area contributed by atoms with Crippen molar-refractivity contribution in [3.63, 3.8) is 0 Å². The third-order valence-electron chi connectivity index (χ3n) is 2.72. The number of esters is 1. The molecule has 0 aliphatic rings. The van der Waals surface area contributed by atoms with Crippen LogP contribution in [0.4, 0.5) is 0 Å². The molecule has 20 heavy (non-hydrogen) atoms. The third-order valence-corrected chi connectivity index (χ3v) is 2.72. The monoisotopic (exact) mass is 278 g/mol. The SMILES string of the molecule is CC(C)COC(=O)CCc1ccccc1OCC(C)C. The molecule has 0 atom stereocenters. The molecule has 3 heteroatoms. The van der Waals surface area contributed by atoms with Crippen LogP contribution in [0, 0.1) is 11.8 Å². The predicted molar refractivity (Wildman–Crippen MR) is 80.9 cm³/mol. The van der Waals surface area contributed by atoms with Crippen molar-refractivity contribution in [3.05, 3.63) is 29.8 Å². The number of carbonyl (C=O) groups excluding carboxylic acids is 1. The summed E-state index contributed by atoms with van der Waals surface area (Å²) in [6.45, 7) is 9.47. The van der Waals surface area contributed by atoms with Gasteiger partial charge < -0.3 is 9.47 Å². The number of hydrogen-bond acceptors (Lipinski definition) is 3. The summed E-state index contributed by atoms with van der Waals surface area (Å²) < 4.78 is 11.0. The van der Waals surface area contributed by atoms with E-state index in [-0.39, 0.29) is 5.97 Å². The second-order valence-corrected chi connectivity index (χ2v) is 5.89. The fraction of sp³-hybridized carbons (Fsp3) is 0.588. The fourth-order valence-electron chi connectivity index (χ4n) is 1.68. The fourth-order valence-corrected chi connectivity index (χ4v) is 1.68. The lowest BCUT2D eigenvalue weighted by Crippen LogP contribution is -2.11. The minimum Gasteiger partial charge on any atom is -0.493 e. The number of aryl methyl sites for hydroxylation is 1. The van der Waals surface area contributed by atoms with Crippen LogP contribution >= 0.6 is 0 Å². The molecular weight excluding hydrogens is 252 g/mol. The highest BCUT2D eigenvalue weighted by Gasteiger charge is 2.09. The van der Waals surface area contributed by atoms with Gasteiger partial charge in [0.1, 0.15) is 5.75 Å². The molecule has 0 saturated heterocycles. The zero-order valence-electron chi connectivity index (χ0n) is 13.0. The van der Waals surface area contributed by atoms with Crippen molar-refractivity contribution >= 4 is 5.97 Å². The Hall–Kier alpha value is -1.51. The molecule has 112 valence electrons. The lowest BCUT2D eigenvalue weighted by atomic mass is 10.1. The average Bonchev–Trinajstić information content (AvgIpc) is 2.41. The Balaban J connectivity index is 2.48. The van der Waals surface area contributed by atoms with Crippen LogP contribution < -0.4 is 4.74 Å². The van der Waals surface area contributed by atoms with E-state index in [0.29, 0.717) is 37.9 Å². The van der Waals surface area contributed by atoms with E-state index in [9.17, 15) is 4.79 Å². The second-order valence-electron chi connectivity index (χ2n) is 5.89. The van der Waals surface area contributed by atoms with Crippen molar-refractivity contribution in [2.75, 3.05) is 13.2 Å². The molecule has 0 aromatic heterocycles. The Labute approximate surface area is 122 Å². The standard InChI is InChI=1S/C17H26O3/c1-13(2)11-19-16-8-6-5-7-15(16)9-10-17(18)20-12-14(3)4/h5-8,13-14H,9-12H2,1-4H3. The van der Waals surface area contributed by atoms with E-state index in [0.717, 1.165) is 11.3 Å². The van der Waals surface area contributed by atoms with Crippen LogP contribution in [0.1, 0.15) is 39.7 Å². The maximum atomic E-state index is 11.6. The van der Waals surface area contributed by atoms with E-state index in [2.05, 4.69) is 13.8 Å². The summed E-state index contributed by atoms with van der Waals surface area (Å²) in [7, 11) is 0. The highest BCUT2D eigenvalue weighted by molar-refractivity contribution is 5.69. The molecule has 0 aliphatic carbocycles. The number of hydrogen-bond donors (Lipinski definition) is 0. The zero-order valence-corrected chi connectivity index (χ0v) is 13.0. The Bertz CT molecular complexity index is 410. The van der Waals surface area contributed by atoms with Crippen LogP contribution in [0.3, 0.4) is 0 Å². The van der Waals surface area contributed by atoms with E-state index < -0.39 is 0 Å². The molecule has 0 spiro atoms. The maximum absolute atomic E-state index is 11.6. The summed E-state index contributed by atoms with van der Waals surface area (Å²) in [6, 6.07) is 7.88. The van der Waals surface area contributed by atoms with Crippen LogP contribution in [-0.2, 0) is 16.0 Å². The van der Waals surface area contributed by atoms with Gasteiger partial charge in [-0.05, 0) is 29.9 Å². The Kier molecular flexibility index (Phi) is 7.13. The van der Waals surface area contributed by atoms with Gasteiger partial charge in [-0.15, -0.1) is 0 Å². The highest BCUT2D eigenvalue weighted by atomic mass is 16.5. The number of ether oxygens (including phenoxy) is 2. The van der Waals surface area contributed by atoms with Gasteiger partial charge in [0.15, 0.2) is 0 Å². The van der Waals surface area contributed by atoms with Crippen molar-refractivity contribution in [3.8, 4) is 5.75 Å². The molecule has 1 aromatic carbocycles. The van der Waals surface area contributed by atoms with E-state index >= 15 is 0 Å². The minimum atomic E-state index is -0.141. The molecular formula is C17H26O3. The Morgan fingerprint density at radius 1 is 1.05 bits per heavy atom. The minimum absolute atomic E-state index is 0.141. The van der Waals surface area contributed by atoms with Crippen molar-refractivity contribution in [2.24, 2.45) is 11.8 Å².